The van der Waals surface area contributed by atoms with E-state index >= 15 is 0 Å². The van der Waals surface area contributed by atoms with Crippen molar-refractivity contribution >= 4 is 27.3 Å². The maximum atomic E-state index is 11.2. The van der Waals surface area contributed by atoms with Gasteiger partial charge in [0.25, 0.3) is 5.69 Å². The zero-order valence-corrected chi connectivity index (χ0v) is 16.6. The molecule has 1 aliphatic heterocycles. The van der Waals surface area contributed by atoms with Crippen LogP contribution in [0.1, 0.15) is 29.2 Å². The average molecular weight is 436 g/mol. The standard InChI is InChI=1S/C22H18BrN3O2/c23-19-11-9-17(10-12-19)21-14-22(18-7-4-8-20(13-18)26(27)28)25(24-21)15-16-5-2-1-3-6-16/h1-13,22H,14-15H2/t22-/m1/s1. The molecule has 0 spiro atoms. The lowest BCUT2D eigenvalue weighted by molar-refractivity contribution is -0.384. The molecule has 0 N–H and O–H groups in total. The fourth-order valence-electron chi connectivity index (χ4n) is 3.42. The molecule has 28 heavy (non-hydrogen) atoms. The molecule has 0 amide bonds. The Labute approximate surface area is 171 Å². The van der Waals surface area contributed by atoms with Crippen LogP contribution < -0.4 is 0 Å². The monoisotopic (exact) mass is 435 g/mol. The fraction of sp³-hybridized carbons (Fsp3) is 0.136. The lowest BCUT2D eigenvalue weighted by Crippen LogP contribution is -2.19. The molecule has 6 heteroatoms. The Bertz CT molecular complexity index is 1020. The highest BCUT2D eigenvalue weighted by Gasteiger charge is 2.29. The molecule has 0 aliphatic carbocycles. The van der Waals surface area contributed by atoms with Crippen molar-refractivity contribution in [3.63, 3.8) is 0 Å². The van der Waals surface area contributed by atoms with Crippen molar-refractivity contribution in [3.8, 4) is 0 Å². The van der Waals surface area contributed by atoms with Gasteiger partial charge in [-0.15, -0.1) is 0 Å². The summed E-state index contributed by atoms with van der Waals surface area (Å²) in [6.07, 6.45) is 0.704. The van der Waals surface area contributed by atoms with Gasteiger partial charge in [0.2, 0.25) is 0 Å². The topological polar surface area (TPSA) is 58.7 Å². The molecular weight excluding hydrogens is 418 g/mol. The first kappa shape index (κ1) is 18.4. The van der Waals surface area contributed by atoms with Crippen LogP contribution in [0.4, 0.5) is 5.69 Å². The highest BCUT2D eigenvalue weighted by Crippen LogP contribution is 2.35. The smallest absolute Gasteiger partial charge is 0.269 e. The highest BCUT2D eigenvalue weighted by molar-refractivity contribution is 9.10. The van der Waals surface area contributed by atoms with Crippen molar-refractivity contribution in [2.75, 3.05) is 0 Å². The second-order valence-electron chi connectivity index (χ2n) is 6.71. The average Bonchev–Trinajstić information content (AvgIpc) is 3.13. The summed E-state index contributed by atoms with van der Waals surface area (Å²) in [6.45, 7) is 0.647. The molecular formula is C22H18BrN3O2. The van der Waals surface area contributed by atoms with Crippen LogP contribution in [0.3, 0.4) is 0 Å². The molecule has 1 aliphatic rings. The largest absolute Gasteiger partial charge is 0.284 e. The number of benzene rings is 3. The van der Waals surface area contributed by atoms with Crippen LogP contribution in [0, 0.1) is 10.1 Å². The van der Waals surface area contributed by atoms with Gasteiger partial charge < -0.3 is 0 Å². The van der Waals surface area contributed by atoms with E-state index in [-0.39, 0.29) is 16.7 Å². The number of hydrogen-bond donors (Lipinski definition) is 0. The Kier molecular flexibility index (Phi) is 5.21. The van der Waals surface area contributed by atoms with Gasteiger partial charge in [-0.25, -0.2) is 0 Å². The summed E-state index contributed by atoms with van der Waals surface area (Å²) < 4.78 is 1.02. The Morgan fingerprint density at radius 3 is 2.50 bits per heavy atom. The Hall–Kier alpha value is -2.99. The van der Waals surface area contributed by atoms with E-state index in [4.69, 9.17) is 5.10 Å². The van der Waals surface area contributed by atoms with E-state index in [0.29, 0.717) is 13.0 Å². The van der Waals surface area contributed by atoms with Crippen molar-refractivity contribution in [1.82, 2.24) is 5.01 Å². The third kappa shape index (κ3) is 3.97. The van der Waals surface area contributed by atoms with Gasteiger partial charge in [0.05, 0.1) is 23.2 Å². The number of nitrogens with zero attached hydrogens (tertiary/aromatic N) is 3. The first-order valence-corrected chi connectivity index (χ1v) is 9.78. The van der Waals surface area contributed by atoms with Crippen LogP contribution in [-0.4, -0.2) is 15.6 Å². The van der Waals surface area contributed by atoms with Crippen molar-refractivity contribution in [2.24, 2.45) is 5.10 Å². The van der Waals surface area contributed by atoms with Gasteiger partial charge >= 0.3 is 0 Å². The molecule has 1 atom stereocenters. The SMILES string of the molecule is O=[N+]([O-])c1cccc([C@H]2CC(c3ccc(Br)cc3)=NN2Cc2ccccc2)c1. The predicted molar refractivity (Wildman–Crippen MR) is 113 cm³/mol. The number of hydrazone groups is 1. The minimum Gasteiger partial charge on any atom is -0.284 e. The summed E-state index contributed by atoms with van der Waals surface area (Å²) in [4.78, 5) is 10.9. The second kappa shape index (κ2) is 7.94. The van der Waals surface area contributed by atoms with Crippen molar-refractivity contribution < 1.29 is 4.92 Å². The molecule has 0 saturated heterocycles. The van der Waals surface area contributed by atoms with E-state index in [9.17, 15) is 10.1 Å². The van der Waals surface area contributed by atoms with E-state index in [2.05, 4.69) is 28.1 Å². The predicted octanol–water partition coefficient (Wildman–Crippen LogP) is 5.71. The maximum absolute atomic E-state index is 11.2. The number of nitro groups is 1. The summed E-state index contributed by atoms with van der Waals surface area (Å²) in [7, 11) is 0. The van der Waals surface area contributed by atoms with Gasteiger partial charge in [-0.05, 0) is 28.8 Å². The normalized spacial score (nSPS) is 16.1. The molecule has 3 aromatic rings. The lowest BCUT2D eigenvalue weighted by atomic mass is 9.98. The quantitative estimate of drug-likeness (QED) is 0.380. The van der Waals surface area contributed by atoms with Gasteiger partial charge in [0.1, 0.15) is 0 Å². The number of rotatable bonds is 5. The first-order valence-electron chi connectivity index (χ1n) is 8.98. The number of nitro benzene ring substituents is 1. The third-order valence-electron chi connectivity index (χ3n) is 4.83. The molecule has 3 aromatic carbocycles. The zero-order valence-electron chi connectivity index (χ0n) is 15.0. The summed E-state index contributed by atoms with van der Waals surface area (Å²) >= 11 is 3.47. The van der Waals surface area contributed by atoms with E-state index in [1.54, 1.807) is 12.1 Å². The summed E-state index contributed by atoms with van der Waals surface area (Å²) in [5.41, 5.74) is 4.21. The summed E-state index contributed by atoms with van der Waals surface area (Å²) in [5.74, 6) is 0. The van der Waals surface area contributed by atoms with E-state index in [0.717, 1.165) is 26.9 Å². The Morgan fingerprint density at radius 1 is 1.04 bits per heavy atom. The minimum absolute atomic E-state index is 0.0428. The highest BCUT2D eigenvalue weighted by atomic mass is 79.9. The van der Waals surface area contributed by atoms with Crippen LogP contribution in [0.25, 0.3) is 0 Å². The molecule has 0 aromatic heterocycles. The number of hydrogen-bond acceptors (Lipinski definition) is 4. The number of non-ortho nitro benzene ring substituents is 1. The van der Waals surface area contributed by atoms with Gasteiger partial charge in [0, 0.05) is 23.0 Å². The number of halogens is 1. The second-order valence-corrected chi connectivity index (χ2v) is 7.62. The van der Waals surface area contributed by atoms with Crippen LogP contribution in [0.5, 0.6) is 0 Å². The summed E-state index contributed by atoms with van der Waals surface area (Å²) in [6, 6.07) is 25.0. The fourth-order valence-corrected chi connectivity index (χ4v) is 3.69. The van der Waals surface area contributed by atoms with Crippen molar-refractivity contribution in [1.29, 1.82) is 0 Å². The van der Waals surface area contributed by atoms with E-state index in [1.165, 1.54) is 6.07 Å². The molecule has 5 nitrogen and oxygen atoms in total. The van der Waals surface area contributed by atoms with Crippen LogP contribution in [0.2, 0.25) is 0 Å². The molecule has 0 radical (unpaired) electrons. The molecule has 1 heterocycles. The first-order chi connectivity index (χ1) is 13.6. The third-order valence-corrected chi connectivity index (χ3v) is 5.35. The van der Waals surface area contributed by atoms with Crippen molar-refractivity contribution in [2.45, 2.75) is 19.0 Å². The van der Waals surface area contributed by atoms with Gasteiger partial charge in [-0.2, -0.15) is 5.10 Å². The zero-order chi connectivity index (χ0) is 19.5. The maximum Gasteiger partial charge on any atom is 0.269 e. The van der Waals surface area contributed by atoms with E-state index < -0.39 is 0 Å². The molecule has 0 unspecified atom stereocenters. The summed E-state index contributed by atoms with van der Waals surface area (Å²) in [5, 5.41) is 18.1. The minimum atomic E-state index is -0.351. The lowest BCUT2D eigenvalue weighted by Gasteiger charge is -2.24. The van der Waals surface area contributed by atoms with Crippen LogP contribution in [-0.2, 0) is 6.54 Å². The van der Waals surface area contributed by atoms with E-state index in [1.807, 2.05) is 53.5 Å². The van der Waals surface area contributed by atoms with Crippen LogP contribution in [0.15, 0.2) is 88.4 Å². The van der Waals surface area contributed by atoms with Gasteiger partial charge in [-0.3, -0.25) is 15.1 Å². The molecule has 4 rings (SSSR count). The van der Waals surface area contributed by atoms with Crippen LogP contribution >= 0.6 is 15.9 Å². The van der Waals surface area contributed by atoms with Crippen molar-refractivity contribution in [3.05, 3.63) is 110 Å². The Balaban J connectivity index is 1.68. The molecule has 0 fully saturated rings. The van der Waals surface area contributed by atoms with Gasteiger partial charge in [-0.1, -0.05) is 70.5 Å². The van der Waals surface area contributed by atoms with Gasteiger partial charge in [0.15, 0.2) is 0 Å². The Morgan fingerprint density at radius 2 is 1.79 bits per heavy atom. The molecule has 0 saturated carbocycles. The molecule has 140 valence electrons. The molecule has 0 bridgehead atoms.